The van der Waals surface area contributed by atoms with Crippen molar-refractivity contribution in [2.75, 3.05) is 7.11 Å². The smallest absolute Gasteiger partial charge is 0.240 e. The number of aromatic amines is 1. The number of nitrogens with one attached hydrogen (secondary N) is 2. The summed E-state index contributed by atoms with van der Waals surface area (Å²) in [6, 6.07) is 11.0. The van der Waals surface area contributed by atoms with Crippen LogP contribution in [-0.4, -0.2) is 20.5 Å². The van der Waals surface area contributed by atoms with E-state index in [1.807, 2.05) is 0 Å². The molecular weight excluding hydrogens is 362 g/mol. The van der Waals surface area contributed by atoms with Gasteiger partial charge in [-0.2, -0.15) is 0 Å². The topological polar surface area (TPSA) is 71.2 Å². The van der Waals surface area contributed by atoms with E-state index < -0.39 is 21.7 Å². The standard InChI is InChI=1S/C18H16F2N2O3S/c1-25-18-7-6-14(10-15(18)17-3-2-8-21-17)26(23,24)22-11-12-4-5-13(19)9-16(12)20/h2-10,21-22H,11H2,1H3. The largest absolute Gasteiger partial charge is 0.496 e. The van der Waals surface area contributed by atoms with Crippen molar-refractivity contribution >= 4 is 10.0 Å². The van der Waals surface area contributed by atoms with Gasteiger partial charge in [-0.25, -0.2) is 21.9 Å². The van der Waals surface area contributed by atoms with Crippen LogP contribution in [0.2, 0.25) is 0 Å². The number of H-pyrrole nitrogens is 1. The van der Waals surface area contributed by atoms with Gasteiger partial charge in [-0.15, -0.1) is 0 Å². The molecule has 2 aromatic carbocycles. The molecule has 3 aromatic rings. The molecule has 2 N–H and O–H groups in total. The van der Waals surface area contributed by atoms with Gasteiger partial charge in [-0.1, -0.05) is 6.07 Å². The van der Waals surface area contributed by atoms with E-state index in [-0.39, 0.29) is 17.0 Å². The first-order valence-corrected chi connectivity index (χ1v) is 9.14. The van der Waals surface area contributed by atoms with Crippen LogP contribution in [0.5, 0.6) is 5.75 Å². The van der Waals surface area contributed by atoms with E-state index in [9.17, 15) is 17.2 Å². The Morgan fingerprint density at radius 3 is 2.58 bits per heavy atom. The van der Waals surface area contributed by atoms with Crippen molar-refractivity contribution in [3.8, 4) is 17.0 Å². The Balaban J connectivity index is 1.88. The molecule has 0 aliphatic rings. The summed E-state index contributed by atoms with van der Waals surface area (Å²) in [4.78, 5) is 3.00. The average molecular weight is 378 g/mol. The van der Waals surface area contributed by atoms with Gasteiger partial charge in [0, 0.05) is 35.6 Å². The minimum Gasteiger partial charge on any atom is -0.496 e. The van der Waals surface area contributed by atoms with Crippen LogP contribution in [0.4, 0.5) is 8.78 Å². The van der Waals surface area contributed by atoms with E-state index in [4.69, 9.17) is 4.74 Å². The number of hydrogen-bond acceptors (Lipinski definition) is 3. The Bertz CT molecular complexity index is 1020. The summed E-state index contributed by atoms with van der Waals surface area (Å²) >= 11 is 0. The molecule has 0 aliphatic carbocycles. The second kappa shape index (κ2) is 7.27. The first-order valence-electron chi connectivity index (χ1n) is 7.66. The summed E-state index contributed by atoms with van der Waals surface area (Å²) in [5, 5.41) is 0. The maximum absolute atomic E-state index is 13.7. The van der Waals surface area contributed by atoms with Crippen molar-refractivity contribution in [3.05, 3.63) is 71.9 Å². The zero-order valence-corrected chi connectivity index (χ0v) is 14.6. The van der Waals surface area contributed by atoms with Crippen LogP contribution >= 0.6 is 0 Å². The number of hydrogen-bond donors (Lipinski definition) is 2. The Labute approximate surface area is 149 Å². The van der Waals surface area contributed by atoms with Gasteiger partial charge in [0.2, 0.25) is 10.0 Å². The zero-order chi connectivity index (χ0) is 18.7. The maximum atomic E-state index is 13.7. The number of sulfonamides is 1. The number of ether oxygens (including phenoxy) is 1. The van der Waals surface area contributed by atoms with Gasteiger partial charge in [0.1, 0.15) is 17.4 Å². The average Bonchev–Trinajstić information content (AvgIpc) is 3.15. The van der Waals surface area contributed by atoms with E-state index >= 15 is 0 Å². The minimum absolute atomic E-state index is 0.00502. The number of methoxy groups -OCH3 is 1. The molecule has 0 amide bonds. The Morgan fingerprint density at radius 1 is 1.12 bits per heavy atom. The van der Waals surface area contributed by atoms with E-state index in [1.165, 1.54) is 25.3 Å². The monoisotopic (exact) mass is 378 g/mol. The maximum Gasteiger partial charge on any atom is 0.240 e. The molecule has 136 valence electrons. The summed E-state index contributed by atoms with van der Waals surface area (Å²) < 4.78 is 59.3. The highest BCUT2D eigenvalue weighted by molar-refractivity contribution is 7.89. The van der Waals surface area contributed by atoms with Crippen molar-refractivity contribution in [3.63, 3.8) is 0 Å². The molecule has 8 heteroatoms. The van der Waals surface area contributed by atoms with Crippen LogP contribution < -0.4 is 9.46 Å². The number of halogens is 2. The predicted molar refractivity (Wildman–Crippen MR) is 93.2 cm³/mol. The molecule has 5 nitrogen and oxygen atoms in total. The van der Waals surface area contributed by atoms with Crippen LogP contribution in [0.25, 0.3) is 11.3 Å². The Morgan fingerprint density at radius 2 is 1.92 bits per heavy atom. The van der Waals surface area contributed by atoms with Crippen LogP contribution in [0.15, 0.2) is 59.6 Å². The van der Waals surface area contributed by atoms with E-state index in [0.717, 1.165) is 6.07 Å². The van der Waals surface area contributed by atoms with Crippen molar-refractivity contribution in [2.45, 2.75) is 11.4 Å². The number of aromatic nitrogens is 1. The molecule has 0 fully saturated rings. The molecular formula is C18H16F2N2O3S. The molecule has 0 radical (unpaired) electrons. The summed E-state index contributed by atoms with van der Waals surface area (Å²) in [5.74, 6) is -1.02. The van der Waals surface area contributed by atoms with Crippen LogP contribution in [0.3, 0.4) is 0 Å². The highest BCUT2D eigenvalue weighted by Gasteiger charge is 2.18. The van der Waals surface area contributed by atoms with Crippen molar-refractivity contribution in [2.24, 2.45) is 0 Å². The van der Waals surface area contributed by atoms with Gasteiger partial charge >= 0.3 is 0 Å². The van der Waals surface area contributed by atoms with Crippen LogP contribution in [-0.2, 0) is 16.6 Å². The first kappa shape index (κ1) is 18.1. The lowest BCUT2D eigenvalue weighted by Crippen LogP contribution is -2.23. The lowest BCUT2D eigenvalue weighted by Gasteiger charge is -2.12. The lowest BCUT2D eigenvalue weighted by atomic mass is 10.1. The fraction of sp³-hybridized carbons (Fsp3) is 0.111. The van der Waals surface area contributed by atoms with Gasteiger partial charge in [0.25, 0.3) is 0 Å². The lowest BCUT2D eigenvalue weighted by molar-refractivity contribution is 0.416. The summed E-state index contributed by atoms with van der Waals surface area (Å²) in [5.41, 5.74) is 1.32. The molecule has 0 atom stereocenters. The molecule has 0 aliphatic heterocycles. The molecule has 0 saturated heterocycles. The molecule has 1 heterocycles. The molecule has 1 aromatic heterocycles. The summed E-state index contributed by atoms with van der Waals surface area (Å²) in [6.07, 6.45) is 1.71. The second-order valence-electron chi connectivity index (χ2n) is 5.51. The third-order valence-electron chi connectivity index (χ3n) is 3.84. The first-order chi connectivity index (χ1) is 12.4. The van der Waals surface area contributed by atoms with Crippen molar-refractivity contribution < 1.29 is 21.9 Å². The number of rotatable bonds is 6. The van der Waals surface area contributed by atoms with Gasteiger partial charge < -0.3 is 9.72 Å². The highest BCUT2D eigenvalue weighted by Crippen LogP contribution is 2.31. The predicted octanol–water partition coefficient (Wildman–Crippen LogP) is 3.45. The third kappa shape index (κ3) is 3.76. The molecule has 0 bridgehead atoms. The van der Waals surface area contributed by atoms with E-state index in [1.54, 1.807) is 24.4 Å². The fourth-order valence-electron chi connectivity index (χ4n) is 2.48. The summed E-state index contributed by atoms with van der Waals surface area (Å²) in [6.45, 7) is -0.293. The summed E-state index contributed by atoms with van der Waals surface area (Å²) in [7, 11) is -2.41. The normalized spacial score (nSPS) is 11.5. The van der Waals surface area contributed by atoms with Gasteiger partial charge in [-0.3, -0.25) is 0 Å². The molecule has 0 spiro atoms. The molecule has 0 saturated carbocycles. The minimum atomic E-state index is -3.90. The number of benzene rings is 2. The quantitative estimate of drug-likeness (QED) is 0.690. The van der Waals surface area contributed by atoms with Gasteiger partial charge in [-0.05, 0) is 36.4 Å². The SMILES string of the molecule is COc1ccc(S(=O)(=O)NCc2ccc(F)cc2F)cc1-c1ccc[nH]1. The molecule has 0 unspecified atom stereocenters. The molecule has 3 rings (SSSR count). The van der Waals surface area contributed by atoms with E-state index in [0.29, 0.717) is 23.1 Å². The van der Waals surface area contributed by atoms with Crippen LogP contribution in [0.1, 0.15) is 5.56 Å². The van der Waals surface area contributed by atoms with Crippen LogP contribution in [0, 0.1) is 11.6 Å². The van der Waals surface area contributed by atoms with E-state index in [2.05, 4.69) is 9.71 Å². The Hall–Kier alpha value is -2.71. The fourth-order valence-corrected chi connectivity index (χ4v) is 3.52. The third-order valence-corrected chi connectivity index (χ3v) is 5.24. The van der Waals surface area contributed by atoms with Gasteiger partial charge in [0.15, 0.2) is 0 Å². The Kier molecular flexibility index (Phi) is 5.06. The highest BCUT2D eigenvalue weighted by atomic mass is 32.2. The van der Waals surface area contributed by atoms with Gasteiger partial charge in [0.05, 0.1) is 12.0 Å². The molecule has 26 heavy (non-hydrogen) atoms. The second-order valence-corrected chi connectivity index (χ2v) is 7.27. The van der Waals surface area contributed by atoms with Crippen molar-refractivity contribution in [1.82, 2.24) is 9.71 Å². The zero-order valence-electron chi connectivity index (χ0n) is 13.8. The van der Waals surface area contributed by atoms with Crippen molar-refractivity contribution in [1.29, 1.82) is 0 Å².